The lowest BCUT2D eigenvalue weighted by atomic mass is 10.1. The molecular formula is C15H15BrFNO. The fourth-order valence-electron chi connectivity index (χ4n) is 1.77. The Morgan fingerprint density at radius 3 is 2.58 bits per heavy atom. The van der Waals surface area contributed by atoms with Crippen LogP contribution in [0.2, 0.25) is 0 Å². The summed E-state index contributed by atoms with van der Waals surface area (Å²) in [6.45, 7) is 3.76. The second-order valence-electron chi connectivity index (χ2n) is 4.48. The van der Waals surface area contributed by atoms with Crippen LogP contribution in [0.3, 0.4) is 0 Å². The van der Waals surface area contributed by atoms with Crippen molar-refractivity contribution in [3.05, 3.63) is 57.8 Å². The first kappa shape index (κ1) is 14.0. The van der Waals surface area contributed by atoms with E-state index in [-0.39, 0.29) is 11.9 Å². The highest BCUT2D eigenvalue weighted by molar-refractivity contribution is 9.10. The Balaban J connectivity index is 2.40. The number of benzene rings is 2. The Morgan fingerprint density at radius 2 is 1.89 bits per heavy atom. The van der Waals surface area contributed by atoms with E-state index in [1.165, 1.54) is 12.1 Å². The second kappa shape index (κ2) is 5.72. The Bertz CT molecular complexity index is 599. The first-order valence-corrected chi connectivity index (χ1v) is 6.75. The first-order chi connectivity index (χ1) is 8.97. The van der Waals surface area contributed by atoms with Crippen molar-refractivity contribution >= 4 is 15.9 Å². The van der Waals surface area contributed by atoms with Crippen LogP contribution < -0.4 is 10.5 Å². The van der Waals surface area contributed by atoms with E-state index in [2.05, 4.69) is 15.9 Å². The minimum absolute atomic E-state index is 0.293. The molecular weight excluding hydrogens is 309 g/mol. The second-order valence-corrected chi connectivity index (χ2v) is 5.40. The van der Waals surface area contributed by atoms with Crippen molar-refractivity contribution in [1.82, 2.24) is 0 Å². The molecule has 2 aromatic rings. The zero-order valence-electron chi connectivity index (χ0n) is 10.8. The first-order valence-electron chi connectivity index (χ1n) is 5.96. The quantitative estimate of drug-likeness (QED) is 0.887. The smallest absolute Gasteiger partial charge is 0.132 e. The largest absolute Gasteiger partial charge is 0.457 e. The number of rotatable bonds is 3. The Morgan fingerprint density at radius 1 is 1.16 bits per heavy atom. The predicted molar refractivity (Wildman–Crippen MR) is 78.0 cm³/mol. The zero-order valence-corrected chi connectivity index (χ0v) is 12.4. The lowest BCUT2D eigenvalue weighted by Gasteiger charge is -2.15. The third-order valence-corrected chi connectivity index (χ3v) is 3.33. The summed E-state index contributed by atoms with van der Waals surface area (Å²) in [6.07, 6.45) is 0. The molecule has 0 aromatic heterocycles. The Hall–Kier alpha value is -1.39. The number of halogens is 2. The number of ether oxygens (including phenoxy) is 1. The third-order valence-electron chi connectivity index (χ3n) is 2.83. The SMILES string of the molecule is Cc1ccc(Br)cc1Oc1ccc(F)cc1[C@@H](C)N. The monoisotopic (exact) mass is 323 g/mol. The third kappa shape index (κ3) is 3.33. The van der Waals surface area contributed by atoms with Gasteiger partial charge in [-0.2, -0.15) is 0 Å². The van der Waals surface area contributed by atoms with E-state index in [1.54, 1.807) is 13.0 Å². The van der Waals surface area contributed by atoms with Crippen molar-refractivity contribution in [3.63, 3.8) is 0 Å². The highest BCUT2D eigenvalue weighted by Gasteiger charge is 2.11. The van der Waals surface area contributed by atoms with E-state index in [0.29, 0.717) is 11.3 Å². The van der Waals surface area contributed by atoms with Gasteiger partial charge in [0.2, 0.25) is 0 Å². The highest BCUT2D eigenvalue weighted by atomic mass is 79.9. The van der Waals surface area contributed by atoms with Gasteiger partial charge in [0.05, 0.1) is 0 Å². The molecule has 2 N–H and O–H groups in total. The summed E-state index contributed by atoms with van der Waals surface area (Å²) in [5.41, 5.74) is 7.50. The zero-order chi connectivity index (χ0) is 14.0. The van der Waals surface area contributed by atoms with Crippen LogP contribution in [-0.4, -0.2) is 0 Å². The average molecular weight is 324 g/mol. The molecule has 2 aromatic carbocycles. The van der Waals surface area contributed by atoms with Gasteiger partial charge < -0.3 is 10.5 Å². The summed E-state index contributed by atoms with van der Waals surface area (Å²) < 4.78 is 20.1. The summed E-state index contributed by atoms with van der Waals surface area (Å²) in [5, 5.41) is 0. The summed E-state index contributed by atoms with van der Waals surface area (Å²) in [6, 6.07) is 9.87. The van der Waals surface area contributed by atoms with Crippen LogP contribution in [0.15, 0.2) is 40.9 Å². The van der Waals surface area contributed by atoms with Gasteiger partial charge in [-0.3, -0.25) is 0 Å². The summed E-state index contributed by atoms with van der Waals surface area (Å²) in [4.78, 5) is 0. The molecule has 100 valence electrons. The van der Waals surface area contributed by atoms with Crippen LogP contribution in [0.5, 0.6) is 11.5 Å². The summed E-state index contributed by atoms with van der Waals surface area (Å²) in [7, 11) is 0. The highest BCUT2D eigenvalue weighted by Crippen LogP contribution is 2.32. The van der Waals surface area contributed by atoms with Crippen LogP contribution in [0, 0.1) is 12.7 Å². The number of aryl methyl sites for hydroxylation is 1. The summed E-state index contributed by atoms with van der Waals surface area (Å²) in [5.74, 6) is 0.992. The Kier molecular flexibility index (Phi) is 4.22. The van der Waals surface area contributed by atoms with Crippen molar-refractivity contribution in [3.8, 4) is 11.5 Å². The van der Waals surface area contributed by atoms with E-state index >= 15 is 0 Å². The van der Waals surface area contributed by atoms with Gasteiger partial charge in [0, 0.05) is 16.1 Å². The molecule has 0 saturated carbocycles. The lowest BCUT2D eigenvalue weighted by molar-refractivity contribution is 0.465. The molecule has 0 heterocycles. The van der Waals surface area contributed by atoms with E-state index in [1.807, 2.05) is 25.1 Å². The summed E-state index contributed by atoms with van der Waals surface area (Å²) >= 11 is 3.40. The Labute approximate surface area is 120 Å². The molecule has 0 bridgehead atoms. The molecule has 0 aliphatic carbocycles. The number of hydrogen-bond donors (Lipinski definition) is 1. The minimum atomic E-state index is -0.314. The molecule has 0 fully saturated rings. The standard InChI is InChI=1S/C15H15BrFNO/c1-9-3-4-11(16)7-15(9)19-14-6-5-12(17)8-13(14)10(2)18/h3-8,10H,18H2,1-2H3/t10-/m1/s1. The molecule has 0 aliphatic rings. The molecule has 0 unspecified atom stereocenters. The predicted octanol–water partition coefficient (Wildman–Crippen LogP) is 4.71. The van der Waals surface area contributed by atoms with Crippen molar-refractivity contribution in [1.29, 1.82) is 0 Å². The van der Waals surface area contributed by atoms with Gasteiger partial charge in [0.15, 0.2) is 0 Å². The van der Waals surface area contributed by atoms with Crippen LogP contribution >= 0.6 is 15.9 Å². The molecule has 4 heteroatoms. The normalized spacial score (nSPS) is 12.3. The van der Waals surface area contributed by atoms with Gasteiger partial charge in [0.1, 0.15) is 17.3 Å². The van der Waals surface area contributed by atoms with Gasteiger partial charge in [-0.25, -0.2) is 4.39 Å². The van der Waals surface area contributed by atoms with Crippen LogP contribution in [0.25, 0.3) is 0 Å². The topological polar surface area (TPSA) is 35.2 Å². The lowest BCUT2D eigenvalue weighted by Crippen LogP contribution is -2.07. The molecule has 0 saturated heterocycles. The maximum atomic E-state index is 13.3. The maximum absolute atomic E-state index is 13.3. The van der Waals surface area contributed by atoms with E-state index in [9.17, 15) is 4.39 Å². The van der Waals surface area contributed by atoms with Crippen molar-refractivity contribution in [2.45, 2.75) is 19.9 Å². The van der Waals surface area contributed by atoms with Crippen molar-refractivity contribution in [2.75, 3.05) is 0 Å². The molecule has 2 nitrogen and oxygen atoms in total. The van der Waals surface area contributed by atoms with Crippen molar-refractivity contribution < 1.29 is 9.13 Å². The molecule has 0 aliphatic heterocycles. The molecule has 0 spiro atoms. The van der Waals surface area contributed by atoms with Crippen LogP contribution in [0.4, 0.5) is 4.39 Å². The van der Waals surface area contributed by atoms with Gasteiger partial charge in [0.25, 0.3) is 0 Å². The molecule has 19 heavy (non-hydrogen) atoms. The van der Waals surface area contributed by atoms with Crippen molar-refractivity contribution in [2.24, 2.45) is 5.73 Å². The van der Waals surface area contributed by atoms with Crippen LogP contribution in [0.1, 0.15) is 24.1 Å². The number of nitrogens with two attached hydrogens (primary N) is 1. The average Bonchev–Trinajstić information content (AvgIpc) is 2.35. The molecule has 0 amide bonds. The fourth-order valence-corrected chi connectivity index (χ4v) is 2.11. The van der Waals surface area contributed by atoms with E-state index in [0.717, 1.165) is 15.8 Å². The van der Waals surface area contributed by atoms with E-state index < -0.39 is 0 Å². The maximum Gasteiger partial charge on any atom is 0.132 e. The molecule has 0 radical (unpaired) electrons. The van der Waals surface area contributed by atoms with Gasteiger partial charge in [-0.1, -0.05) is 22.0 Å². The minimum Gasteiger partial charge on any atom is -0.457 e. The van der Waals surface area contributed by atoms with Gasteiger partial charge >= 0.3 is 0 Å². The molecule has 2 rings (SSSR count). The van der Waals surface area contributed by atoms with Gasteiger partial charge in [-0.15, -0.1) is 0 Å². The van der Waals surface area contributed by atoms with E-state index in [4.69, 9.17) is 10.5 Å². The number of hydrogen-bond acceptors (Lipinski definition) is 2. The van der Waals surface area contributed by atoms with Crippen LogP contribution in [-0.2, 0) is 0 Å². The molecule has 1 atom stereocenters. The fraction of sp³-hybridized carbons (Fsp3) is 0.200. The van der Waals surface area contributed by atoms with Gasteiger partial charge in [-0.05, 0) is 49.7 Å².